The average molecular weight is 375 g/mol. The first kappa shape index (κ1) is 17.3. The first-order valence-electron chi connectivity index (χ1n) is 7.41. The summed E-state index contributed by atoms with van der Waals surface area (Å²) in [6, 6.07) is 7.13. The number of rotatable bonds is 5. The summed E-state index contributed by atoms with van der Waals surface area (Å²) in [4.78, 5) is 14.1. The molecule has 0 aliphatic heterocycles. The molecule has 0 spiro atoms. The summed E-state index contributed by atoms with van der Waals surface area (Å²) in [7, 11) is -3.34. The minimum Gasteiger partial charge on any atom is -0.324 e. The van der Waals surface area contributed by atoms with Gasteiger partial charge in [-0.25, -0.2) is 23.4 Å². The summed E-state index contributed by atoms with van der Waals surface area (Å²) >= 11 is 1.56. The first-order chi connectivity index (χ1) is 11.8. The van der Waals surface area contributed by atoms with E-state index >= 15 is 0 Å². The van der Waals surface area contributed by atoms with E-state index in [2.05, 4.69) is 25.0 Å². The molecule has 3 rings (SSSR count). The molecule has 0 radical (unpaired) electrons. The van der Waals surface area contributed by atoms with Gasteiger partial charge in [0.05, 0.1) is 11.9 Å². The van der Waals surface area contributed by atoms with E-state index in [9.17, 15) is 8.42 Å². The second-order valence-electron chi connectivity index (χ2n) is 5.63. The number of aromatic nitrogens is 3. The second kappa shape index (κ2) is 6.77. The van der Waals surface area contributed by atoms with Crippen LogP contribution in [-0.4, -0.2) is 29.6 Å². The fourth-order valence-corrected chi connectivity index (χ4v) is 3.55. The number of nitrogens with one attached hydrogen (secondary N) is 2. The Hall–Kier alpha value is -2.52. The zero-order valence-corrected chi connectivity index (χ0v) is 15.6. The third kappa shape index (κ3) is 4.74. The Kier molecular flexibility index (Phi) is 4.69. The molecule has 2 N–H and O–H groups in total. The van der Waals surface area contributed by atoms with Crippen LogP contribution in [0, 0.1) is 13.8 Å². The fourth-order valence-electron chi connectivity index (χ4n) is 2.27. The minimum absolute atomic E-state index is 0.418. The fraction of sp³-hybridized carbons (Fsp3) is 0.188. The van der Waals surface area contributed by atoms with Gasteiger partial charge < -0.3 is 5.32 Å². The Balaban J connectivity index is 1.87. The van der Waals surface area contributed by atoms with Gasteiger partial charge in [-0.05, 0) is 43.7 Å². The van der Waals surface area contributed by atoms with Crippen LogP contribution in [0.2, 0.25) is 0 Å². The van der Waals surface area contributed by atoms with E-state index in [-0.39, 0.29) is 0 Å². The highest BCUT2D eigenvalue weighted by atomic mass is 32.2. The van der Waals surface area contributed by atoms with Crippen molar-refractivity contribution in [3.8, 4) is 10.7 Å². The highest BCUT2D eigenvalue weighted by Gasteiger charge is 2.08. The third-order valence-electron chi connectivity index (χ3n) is 3.13. The van der Waals surface area contributed by atoms with Crippen molar-refractivity contribution in [2.24, 2.45) is 0 Å². The Labute approximate surface area is 150 Å². The SMILES string of the molecule is Cc1cc(Nc2nccc(-c3ncc(C)s3)n2)cc(NS(C)(=O)=O)c1. The summed E-state index contributed by atoms with van der Waals surface area (Å²) in [6.45, 7) is 3.87. The number of anilines is 3. The van der Waals surface area contributed by atoms with Crippen LogP contribution in [0.4, 0.5) is 17.3 Å². The molecule has 0 bridgehead atoms. The monoisotopic (exact) mass is 375 g/mol. The number of hydrogen-bond donors (Lipinski definition) is 2. The molecule has 0 amide bonds. The number of thiazole rings is 1. The molecule has 0 atom stereocenters. The topological polar surface area (TPSA) is 96.9 Å². The Morgan fingerprint density at radius 1 is 1.08 bits per heavy atom. The van der Waals surface area contributed by atoms with Crippen molar-refractivity contribution < 1.29 is 8.42 Å². The summed E-state index contributed by atoms with van der Waals surface area (Å²) in [5.74, 6) is 0.418. The summed E-state index contributed by atoms with van der Waals surface area (Å²) in [6.07, 6.45) is 4.58. The normalized spacial score (nSPS) is 11.3. The zero-order chi connectivity index (χ0) is 18.0. The molecule has 0 saturated carbocycles. The van der Waals surface area contributed by atoms with Crippen molar-refractivity contribution in [2.75, 3.05) is 16.3 Å². The summed E-state index contributed by atoms with van der Waals surface area (Å²) < 4.78 is 25.3. The van der Waals surface area contributed by atoms with Gasteiger partial charge in [0.2, 0.25) is 16.0 Å². The Morgan fingerprint density at radius 2 is 1.84 bits per heavy atom. The molecule has 0 aliphatic rings. The lowest BCUT2D eigenvalue weighted by atomic mass is 10.2. The molecule has 0 fully saturated rings. The van der Waals surface area contributed by atoms with E-state index in [0.29, 0.717) is 17.3 Å². The smallest absolute Gasteiger partial charge is 0.229 e. The van der Waals surface area contributed by atoms with E-state index in [1.807, 2.05) is 19.9 Å². The van der Waals surface area contributed by atoms with E-state index in [1.165, 1.54) is 0 Å². The van der Waals surface area contributed by atoms with Crippen LogP contribution in [0.1, 0.15) is 10.4 Å². The predicted molar refractivity (Wildman–Crippen MR) is 101 cm³/mol. The van der Waals surface area contributed by atoms with Crippen molar-refractivity contribution in [3.05, 3.63) is 47.1 Å². The lowest BCUT2D eigenvalue weighted by Gasteiger charge is -2.10. The maximum Gasteiger partial charge on any atom is 0.229 e. The molecule has 2 heterocycles. The maximum atomic E-state index is 11.4. The van der Waals surface area contributed by atoms with Gasteiger partial charge in [0.1, 0.15) is 10.7 Å². The molecular formula is C16H17N5O2S2. The van der Waals surface area contributed by atoms with Crippen molar-refractivity contribution in [3.63, 3.8) is 0 Å². The quantitative estimate of drug-likeness (QED) is 0.710. The molecule has 1 aromatic carbocycles. The number of aryl methyl sites for hydroxylation is 2. The van der Waals surface area contributed by atoms with E-state index in [0.717, 1.165) is 27.4 Å². The Bertz CT molecular complexity index is 1010. The Morgan fingerprint density at radius 3 is 2.52 bits per heavy atom. The summed E-state index contributed by atoms with van der Waals surface area (Å²) in [5.41, 5.74) is 2.82. The van der Waals surface area contributed by atoms with Gasteiger partial charge in [-0.15, -0.1) is 11.3 Å². The molecule has 9 heteroatoms. The second-order valence-corrected chi connectivity index (χ2v) is 8.61. The standard InChI is InChI=1S/C16H17N5O2S2/c1-10-6-12(8-13(7-10)21-25(3,22)23)19-16-17-5-4-14(20-16)15-18-9-11(2)24-15/h4-9,21H,1-3H3,(H,17,19,20). The predicted octanol–water partition coefficient (Wildman–Crippen LogP) is 3.33. The molecule has 25 heavy (non-hydrogen) atoms. The van der Waals surface area contributed by atoms with E-state index < -0.39 is 10.0 Å². The molecule has 7 nitrogen and oxygen atoms in total. The molecule has 0 saturated heterocycles. The van der Waals surface area contributed by atoms with Gasteiger partial charge in [-0.2, -0.15) is 0 Å². The van der Waals surface area contributed by atoms with Crippen LogP contribution in [0.3, 0.4) is 0 Å². The molecule has 130 valence electrons. The van der Waals surface area contributed by atoms with Crippen LogP contribution in [-0.2, 0) is 10.0 Å². The molecule has 3 aromatic rings. The highest BCUT2D eigenvalue weighted by molar-refractivity contribution is 7.92. The molecule has 2 aromatic heterocycles. The average Bonchev–Trinajstić information content (AvgIpc) is 2.91. The zero-order valence-electron chi connectivity index (χ0n) is 13.9. The van der Waals surface area contributed by atoms with Crippen LogP contribution in [0.5, 0.6) is 0 Å². The lowest BCUT2D eigenvalue weighted by Crippen LogP contribution is -2.10. The van der Waals surface area contributed by atoms with Gasteiger partial charge >= 0.3 is 0 Å². The van der Waals surface area contributed by atoms with Crippen LogP contribution in [0.15, 0.2) is 36.7 Å². The van der Waals surface area contributed by atoms with Gasteiger partial charge in [-0.3, -0.25) is 4.72 Å². The highest BCUT2D eigenvalue weighted by Crippen LogP contribution is 2.25. The van der Waals surface area contributed by atoms with Crippen molar-refractivity contribution in [1.29, 1.82) is 0 Å². The van der Waals surface area contributed by atoms with Crippen molar-refractivity contribution in [2.45, 2.75) is 13.8 Å². The number of benzene rings is 1. The summed E-state index contributed by atoms with van der Waals surface area (Å²) in [5, 5.41) is 3.93. The minimum atomic E-state index is -3.34. The van der Waals surface area contributed by atoms with Gasteiger partial charge in [0.15, 0.2) is 0 Å². The van der Waals surface area contributed by atoms with Crippen LogP contribution < -0.4 is 10.0 Å². The van der Waals surface area contributed by atoms with Gasteiger partial charge in [-0.1, -0.05) is 0 Å². The van der Waals surface area contributed by atoms with Crippen molar-refractivity contribution >= 4 is 38.7 Å². The maximum absolute atomic E-state index is 11.4. The largest absolute Gasteiger partial charge is 0.324 e. The number of hydrogen-bond acceptors (Lipinski definition) is 7. The molecule has 0 aliphatic carbocycles. The lowest BCUT2D eigenvalue weighted by molar-refractivity contribution is 0.607. The molecular weight excluding hydrogens is 358 g/mol. The number of nitrogens with zero attached hydrogens (tertiary/aromatic N) is 3. The van der Waals surface area contributed by atoms with Crippen LogP contribution >= 0.6 is 11.3 Å². The molecule has 0 unspecified atom stereocenters. The van der Waals surface area contributed by atoms with E-state index in [4.69, 9.17) is 0 Å². The van der Waals surface area contributed by atoms with Crippen molar-refractivity contribution in [1.82, 2.24) is 15.0 Å². The third-order valence-corrected chi connectivity index (χ3v) is 4.67. The first-order valence-corrected chi connectivity index (χ1v) is 10.1. The van der Waals surface area contributed by atoms with Gasteiger partial charge in [0.25, 0.3) is 0 Å². The number of sulfonamides is 1. The van der Waals surface area contributed by atoms with Crippen LogP contribution in [0.25, 0.3) is 10.7 Å². The van der Waals surface area contributed by atoms with E-state index in [1.54, 1.807) is 41.9 Å². The van der Waals surface area contributed by atoms with Gasteiger partial charge in [0, 0.05) is 23.0 Å².